The van der Waals surface area contributed by atoms with Crippen molar-refractivity contribution in [3.05, 3.63) is 29.8 Å². The molecule has 2 heteroatoms. The molecular formula is C12H14O2. The number of benzene rings is 1. The number of carbonyl (C=O) groups is 1. The summed E-state index contributed by atoms with van der Waals surface area (Å²) in [7, 11) is 0. The molecule has 14 heavy (non-hydrogen) atoms. The highest BCUT2D eigenvalue weighted by atomic mass is 16.5. The Morgan fingerprint density at radius 3 is 2.79 bits per heavy atom. The van der Waals surface area contributed by atoms with Crippen LogP contribution in [0.25, 0.3) is 0 Å². The van der Waals surface area contributed by atoms with Gasteiger partial charge in [-0.25, -0.2) is 0 Å². The Labute approximate surface area is 83.9 Å². The van der Waals surface area contributed by atoms with Crippen molar-refractivity contribution in [1.29, 1.82) is 0 Å². The van der Waals surface area contributed by atoms with Crippen molar-refractivity contribution in [3.63, 3.8) is 0 Å². The highest BCUT2D eigenvalue weighted by Gasteiger charge is 2.30. The molecule has 0 saturated carbocycles. The van der Waals surface area contributed by atoms with Crippen LogP contribution < -0.4 is 4.74 Å². The van der Waals surface area contributed by atoms with Crippen molar-refractivity contribution in [2.75, 3.05) is 6.61 Å². The SMILES string of the molecule is CC(C)C1COc2ccccc2C1=O. The molecule has 0 amide bonds. The second kappa shape index (κ2) is 3.45. The maximum absolute atomic E-state index is 12.0. The van der Waals surface area contributed by atoms with Gasteiger partial charge in [0, 0.05) is 0 Å². The molecule has 1 unspecified atom stereocenters. The minimum Gasteiger partial charge on any atom is -0.492 e. The van der Waals surface area contributed by atoms with Gasteiger partial charge in [-0.05, 0) is 18.1 Å². The standard InChI is InChI=1S/C12H14O2/c1-8(2)10-7-14-11-6-4-3-5-9(11)12(10)13/h3-6,8,10H,7H2,1-2H3. The number of fused-ring (bicyclic) bond motifs is 1. The van der Waals surface area contributed by atoms with Crippen molar-refractivity contribution < 1.29 is 9.53 Å². The van der Waals surface area contributed by atoms with E-state index in [0.717, 1.165) is 11.3 Å². The van der Waals surface area contributed by atoms with Crippen molar-refractivity contribution in [2.24, 2.45) is 11.8 Å². The van der Waals surface area contributed by atoms with Crippen LogP contribution in [-0.4, -0.2) is 12.4 Å². The number of rotatable bonds is 1. The van der Waals surface area contributed by atoms with Gasteiger partial charge in [-0.15, -0.1) is 0 Å². The van der Waals surface area contributed by atoms with Crippen LogP contribution >= 0.6 is 0 Å². The Kier molecular flexibility index (Phi) is 2.28. The van der Waals surface area contributed by atoms with Crippen molar-refractivity contribution in [3.8, 4) is 5.75 Å². The molecule has 0 radical (unpaired) electrons. The molecule has 0 N–H and O–H groups in total. The van der Waals surface area contributed by atoms with Crippen LogP contribution in [0.5, 0.6) is 5.75 Å². The zero-order chi connectivity index (χ0) is 10.1. The van der Waals surface area contributed by atoms with Gasteiger partial charge < -0.3 is 4.74 Å². The van der Waals surface area contributed by atoms with Gasteiger partial charge in [0.05, 0.1) is 18.1 Å². The van der Waals surface area contributed by atoms with Crippen LogP contribution in [-0.2, 0) is 0 Å². The average molecular weight is 190 g/mol. The first-order valence-corrected chi connectivity index (χ1v) is 4.96. The molecule has 0 fully saturated rings. The molecule has 2 nitrogen and oxygen atoms in total. The second-order valence-corrected chi connectivity index (χ2v) is 4.02. The minimum atomic E-state index is 0.0184. The molecule has 0 bridgehead atoms. The van der Waals surface area contributed by atoms with Crippen molar-refractivity contribution in [1.82, 2.24) is 0 Å². The fourth-order valence-electron chi connectivity index (χ4n) is 1.75. The van der Waals surface area contributed by atoms with Gasteiger partial charge in [0.2, 0.25) is 0 Å². The fourth-order valence-corrected chi connectivity index (χ4v) is 1.75. The average Bonchev–Trinajstić information content (AvgIpc) is 2.18. The summed E-state index contributed by atoms with van der Waals surface area (Å²) in [5, 5.41) is 0. The van der Waals surface area contributed by atoms with E-state index in [0.29, 0.717) is 12.5 Å². The molecule has 1 heterocycles. The lowest BCUT2D eigenvalue weighted by atomic mass is 9.87. The molecule has 1 atom stereocenters. The lowest BCUT2D eigenvalue weighted by molar-refractivity contribution is 0.0775. The van der Waals surface area contributed by atoms with E-state index in [4.69, 9.17) is 4.74 Å². The number of para-hydroxylation sites is 1. The fraction of sp³-hybridized carbons (Fsp3) is 0.417. The summed E-state index contributed by atoms with van der Waals surface area (Å²) in [4.78, 5) is 12.0. The van der Waals surface area contributed by atoms with E-state index in [2.05, 4.69) is 13.8 Å². The summed E-state index contributed by atoms with van der Waals surface area (Å²) in [5.74, 6) is 1.32. The molecule has 74 valence electrons. The zero-order valence-electron chi connectivity index (χ0n) is 8.49. The number of Topliss-reactive ketones (excluding diaryl/α,β-unsaturated/α-hetero) is 1. The normalized spacial score (nSPS) is 20.5. The summed E-state index contributed by atoms with van der Waals surface area (Å²) in [5.41, 5.74) is 0.734. The molecule has 1 aromatic rings. The summed E-state index contributed by atoms with van der Waals surface area (Å²) in [6.07, 6.45) is 0. The third kappa shape index (κ3) is 1.41. The maximum Gasteiger partial charge on any atom is 0.173 e. The van der Waals surface area contributed by atoms with Crippen LogP contribution in [0.15, 0.2) is 24.3 Å². The number of hydrogen-bond acceptors (Lipinski definition) is 2. The van der Waals surface area contributed by atoms with E-state index in [1.165, 1.54) is 0 Å². The van der Waals surface area contributed by atoms with Gasteiger partial charge in [-0.3, -0.25) is 4.79 Å². The smallest absolute Gasteiger partial charge is 0.173 e. The van der Waals surface area contributed by atoms with Gasteiger partial charge in [0.25, 0.3) is 0 Å². The first kappa shape index (κ1) is 9.25. The molecule has 0 aromatic heterocycles. The largest absolute Gasteiger partial charge is 0.492 e. The summed E-state index contributed by atoms with van der Waals surface area (Å²) in [6.45, 7) is 4.63. The maximum atomic E-state index is 12.0. The second-order valence-electron chi connectivity index (χ2n) is 4.02. The topological polar surface area (TPSA) is 26.3 Å². The Morgan fingerprint density at radius 2 is 2.07 bits per heavy atom. The van der Waals surface area contributed by atoms with Crippen molar-refractivity contribution in [2.45, 2.75) is 13.8 Å². The molecular weight excluding hydrogens is 176 g/mol. The molecule has 2 rings (SSSR count). The van der Waals surface area contributed by atoms with Gasteiger partial charge >= 0.3 is 0 Å². The molecule has 0 saturated heterocycles. The highest BCUT2D eigenvalue weighted by Crippen LogP contribution is 2.29. The summed E-state index contributed by atoms with van der Waals surface area (Å²) < 4.78 is 5.55. The van der Waals surface area contributed by atoms with Gasteiger partial charge in [-0.1, -0.05) is 26.0 Å². The van der Waals surface area contributed by atoms with E-state index in [1.54, 1.807) is 0 Å². The first-order chi connectivity index (χ1) is 6.70. The number of hydrogen-bond donors (Lipinski definition) is 0. The van der Waals surface area contributed by atoms with E-state index >= 15 is 0 Å². The van der Waals surface area contributed by atoms with Gasteiger partial charge in [-0.2, -0.15) is 0 Å². The number of ketones is 1. The lowest BCUT2D eigenvalue weighted by Gasteiger charge is -2.26. The van der Waals surface area contributed by atoms with E-state index in [-0.39, 0.29) is 11.7 Å². The van der Waals surface area contributed by atoms with Crippen molar-refractivity contribution >= 4 is 5.78 Å². The minimum absolute atomic E-state index is 0.0184. The first-order valence-electron chi connectivity index (χ1n) is 4.96. The lowest BCUT2D eigenvalue weighted by Crippen LogP contribution is -2.31. The van der Waals surface area contributed by atoms with Crippen LogP contribution in [0.1, 0.15) is 24.2 Å². The quantitative estimate of drug-likeness (QED) is 0.680. The molecule has 1 aliphatic heterocycles. The van der Waals surface area contributed by atoms with Gasteiger partial charge in [0.1, 0.15) is 5.75 Å². The van der Waals surface area contributed by atoms with E-state index in [9.17, 15) is 4.79 Å². The molecule has 1 aromatic carbocycles. The molecule has 0 spiro atoms. The Bertz CT molecular complexity index is 355. The molecule has 0 aliphatic carbocycles. The predicted octanol–water partition coefficient (Wildman–Crippen LogP) is 2.53. The summed E-state index contributed by atoms with van der Waals surface area (Å²) in [6, 6.07) is 7.46. The van der Waals surface area contributed by atoms with Crippen LogP contribution in [0.3, 0.4) is 0 Å². The third-order valence-corrected chi connectivity index (χ3v) is 2.71. The monoisotopic (exact) mass is 190 g/mol. The number of ether oxygens (including phenoxy) is 1. The summed E-state index contributed by atoms with van der Waals surface area (Å²) >= 11 is 0. The van der Waals surface area contributed by atoms with Crippen LogP contribution in [0.4, 0.5) is 0 Å². The Balaban J connectivity index is 2.37. The van der Waals surface area contributed by atoms with Crippen LogP contribution in [0, 0.1) is 11.8 Å². The van der Waals surface area contributed by atoms with Crippen LogP contribution in [0.2, 0.25) is 0 Å². The Hall–Kier alpha value is -1.31. The van der Waals surface area contributed by atoms with Gasteiger partial charge in [0.15, 0.2) is 5.78 Å². The predicted molar refractivity (Wildman–Crippen MR) is 54.6 cm³/mol. The van der Waals surface area contributed by atoms with E-state index < -0.39 is 0 Å². The third-order valence-electron chi connectivity index (χ3n) is 2.71. The zero-order valence-corrected chi connectivity index (χ0v) is 8.49. The Morgan fingerprint density at radius 1 is 1.36 bits per heavy atom. The highest BCUT2D eigenvalue weighted by molar-refractivity contribution is 6.01. The van der Waals surface area contributed by atoms with E-state index in [1.807, 2.05) is 24.3 Å². The molecule has 1 aliphatic rings. The number of carbonyl (C=O) groups excluding carboxylic acids is 1.